The maximum atomic E-state index is 13.8. The number of hydrogen-bond acceptors (Lipinski definition) is 7. The summed E-state index contributed by atoms with van der Waals surface area (Å²) < 4.78 is 7.61. The van der Waals surface area contributed by atoms with Gasteiger partial charge in [0.1, 0.15) is 0 Å². The number of carbonyl (C=O) groups is 1. The molecule has 5 rings (SSSR count). The first-order valence-electron chi connectivity index (χ1n) is 12.7. The van der Waals surface area contributed by atoms with E-state index in [4.69, 9.17) is 4.74 Å². The highest BCUT2D eigenvalue weighted by Crippen LogP contribution is 2.31. The summed E-state index contributed by atoms with van der Waals surface area (Å²) in [6.07, 6.45) is 4.37. The molecule has 3 aromatic rings. The van der Waals surface area contributed by atoms with Crippen molar-refractivity contribution >= 4 is 34.8 Å². The van der Waals surface area contributed by atoms with Crippen molar-refractivity contribution in [3.8, 4) is 0 Å². The Bertz CT molecular complexity index is 1510. The van der Waals surface area contributed by atoms with E-state index in [1.165, 1.54) is 29.9 Å². The lowest BCUT2D eigenvalue weighted by Crippen LogP contribution is -2.39. The zero-order valence-electron chi connectivity index (χ0n) is 21.7. The molecule has 0 aliphatic carbocycles. The van der Waals surface area contributed by atoms with Crippen molar-refractivity contribution in [2.45, 2.75) is 32.7 Å². The molecule has 0 N–H and O–H groups in total. The molecule has 1 fully saturated rings. The van der Waals surface area contributed by atoms with E-state index in [-0.39, 0.29) is 12.2 Å². The van der Waals surface area contributed by atoms with E-state index in [9.17, 15) is 9.59 Å². The van der Waals surface area contributed by atoms with Crippen LogP contribution in [0, 0.1) is 0 Å². The minimum Gasteiger partial charge on any atom is -0.463 e. The number of allylic oxidation sites excluding steroid dienone is 1. The van der Waals surface area contributed by atoms with Gasteiger partial charge in [0, 0.05) is 38.6 Å². The molecule has 1 atom stereocenters. The highest BCUT2D eigenvalue weighted by atomic mass is 32.1. The third kappa shape index (κ3) is 4.85. The lowest BCUT2D eigenvalue weighted by atomic mass is 9.95. The van der Waals surface area contributed by atoms with Gasteiger partial charge >= 0.3 is 5.97 Å². The van der Waals surface area contributed by atoms with Crippen LogP contribution in [0.2, 0.25) is 0 Å². The predicted molar refractivity (Wildman–Crippen MR) is 149 cm³/mol. The van der Waals surface area contributed by atoms with E-state index in [2.05, 4.69) is 34.2 Å². The molecule has 7 nitrogen and oxygen atoms in total. The molecule has 0 spiro atoms. The highest BCUT2D eigenvalue weighted by molar-refractivity contribution is 7.07. The number of aromatic nitrogens is 1. The average Bonchev–Trinajstić information content (AvgIpc) is 3.53. The van der Waals surface area contributed by atoms with Crippen LogP contribution in [0.15, 0.2) is 69.6 Å². The van der Waals surface area contributed by atoms with E-state index in [1.54, 1.807) is 11.5 Å². The van der Waals surface area contributed by atoms with Crippen LogP contribution in [-0.2, 0) is 9.53 Å². The zero-order chi connectivity index (χ0) is 26.1. The number of carbonyl (C=O) groups excluding carboxylic acids is 1. The zero-order valence-corrected chi connectivity index (χ0v) is 22.5. The van der Waals surface area contributed by atoms with Crippen LogP contribution in [0.25, 0.3) is 6.08 Å². The molecule has 3 heterocycles. The predicted octanol–water partition coefficient (Wildman–Crippen LogP) is 3.46. The van der Waals surface area contributed by atoms with Crippen molar-refractivity contribution in [2.24, 2.45) is 4.99 Å². The average molecular weight is 517 g/mol. The molecule has 192 valence electrons. The number of anilines is 2. The fourth-order valence-corrected chi connectivity index (χ4v) is 6.02. The van der Waals surface area contributed by atoms with Crippen LogP contribution < -0.4 is 24.7 Å². The van der Waals surface area contributed by atoms with E-state index < -0.39 is 12.0 Å². The molecule has 0 saturated carbocycles. The lowest BCUT2D eigenvalue weighted by molar-refractivity contribution is -0.139. The van der Waals surface area contributed by atoms with Crippen molar-refractivity contribution in [3.63, 3.8) is 0 Å². The van der Waals surface area contributed by atoms with Gasteiger partial charge in [-0.3, -0.25) is 9.36 Å². The van der Waals surface area contributed by atoms with Crippen LogP contribution in [0.4, 0.5) is 11.4 Å². The van der Waals surface area contributed by atoms with Gasteiger partial charge in [0.25, 0.3) is 5.56 Å². The SMILES string of the molecule is CCOC(=O)C1=C(C)N=c2s/c(=C/c3ccc(N4CCCC4)cc3)c(=O)n2[C@H]1c1ccc(N(C)C)cc1. The molecule has 2 aliphatic heterocycles. The second kappa shape index (κ2) is 10.4. The fourth-order valence-electron chi connectivity index (χ4n) is 4.97. The third-order valence-electron chi connectivity index (χ3n) is 6.90. The summed E-state index contributed by atoms with van der Waals surface area (Å²) >= 11 is 1.35. The van der Waals surface area contributed by atoms with Crippen molar-refractivity contribution < 1.29 is 9.53 Å². The standard InChI is InChI=1S/C29H32N4O3S/c1-5-36-28(35)25-19(2)30-29-33(26(25)21-10-14-22(15-11-21)31(3)4)27(34)24(37-29)18-20-8-12-23(13-9-20)32-16-6-7-17-32/h8-15,18,26H,5-7,16-17H2,1-4H3/b24-18+/t26-/m0/s1. The normalized spacial score (nSPS) is 17.6. The van der Waals surface area contributed by atoms with Crippen molar-refractivity contribution in [1.29, 1.82) is 0 Å². The summed E-state index contributed by atoms with van der Waals surface area (Å²) in [5.74, 6) is -0.447. The number of hydrogen-bond donors (Lipinski definition) is 0. The van der Waals surface area contributed by atoms with Crippen molar-refractivity contribution in [2.75, 3.05) is 43.6 Å². The summed E-state index contributed by atoms with van der Waals surface area (Å²) in [5.41, 5.74) is 4.85. The number of thiazole rings is 1. The molecule has 0 bridgehead atoms. The maximum absolute atomic E-state index is 13.8. The van der Waals surface area contributed by atoms with Gasteiger partial charge in [-0.1, -0.05) is 35.6 Å². The van der Waals surface area contributed by atoms with Gasteiger partial charge in [-0.25, -0.2) is 9.79 Å². The Balaban J connectivity index is 1.60. The lowest BCUT2D eigenvalue weighted by Gasteiger charge is -2.25. The van der Waals surface area contributed by atoms with Crippen LogP contribution in [-0.4, -0.2) is 44.3 Å². The number of nitrogens with zero attached hydrogens (tertiary/aromatic N) is 4. The quantitative estimate of drug-likeness (QED) is 0.470. The Kier molecular flexibility index (Phi) is 7.02. The van der Waals surface area contributed by atoms with Crippen LogP contribution in [0.3, 0.4) is 0 Å². The first-order chi connectivity index (χ1) is 17.9. The second-order valence-corrected chi connectivity index (χ2v) is 10.6. The van der Waals surface area contributed by atoms with Gasteiger partial charge < -0.3 is 14.5 Å². The number of fused-ring (bicyclic) bond motifs is 1. The van der Waals surface area contributed by atoms with Gasteiger partial charge in [-0.05, 0) is 68.2 Å². The molecule has 0 unspecified atom stereocenters. The minimum atomic E-state index is -0.605. The fraction of sp³-hybridized carbons (Fsp3) is 0.345. The van der Waals surface area contributed by atoms with Gasteiger partial charge in [0.05, 0.1) is 28.5 Å². The van der Waals surface area contributed by atoms with E-state index in [0.717, 1.165) is 29.9 Å². The summed E-state index contributed by atoms with van der Waals surface area (Å²) in [7, 11) is 3.95. The Labute approximate surface area is 220 Å². The van der Waals surface area contributed by atoms with Gasteiger partial charge in [0.2, 0.25) is 0 Å². The Morgan fingerprint density at radius 2 is 1.78 bits per heavy atom. The number of esters is 1. The largest absolute Gasteiger partial charge is 0.463 e. The van der Waals surface area contributed by atoms with Gasteiger partial charge in [-0.2, -0.15) is 0 Å². The number of benzene rings is 2. The van der Waals surface area contributed by atoms with Gasteiger partial charge in [-0.15, -0.1) is 0 Å². The molecular weight excluding hydrogens is 484 g/mol. The Morgan fingerprint density at radius 3 is 2.41 bits per heavy atom. The monoisotopic (exact) mass is 516 g/mol. The molecule has 8 heteroatoms. The molecule has 37 heavy (non-hydrogen) atoms. The molecule has 1 aromatic heterocycles. The second-order valence-electron chi connectivity index (χ2n) is 9.57. The van der Waals surface area contributed by atoms with Crippen molar-refractivity contribution in [1.82, 2.24) is 4.57 Å². The third-order valence-corrected chi connectivity index (χ3v) is 7.89. The molecule has 2 aromatic carbocycles. The summed E-state index contributed by atoms with van der Waals surface area (Å²) in [4.78, 5) is 36.5. The molecule has 2 aliphatic rings. The first kappa shape index (κ1) is 25.0. The van der Waals surface area contributed by atoms with Crippen LogP contribution in [0.5, 0.6) is 0 Å². The van der Waals surface area contributed by atoms with Gasteiger partial charge in [0.15, 0.2) is 4.80 Å². The highest BCUT2D eigenvalue weighted by Gasteiger charge is 2.33. The first-order valence-corrected chi connectivity index (χ1v) is 13.5. The van der Waals surface area contributed by atoms with Crippen molar-refractivity contribution in [3.05, 3.63) is 90.6 Å². The Morgan fingerprint density at radius 1 is 1.11 bits per heavy atom. The van der Waals surface area contributed by atoms with E-state index in [1.807, 2.05) is 56.3 Å². The molecule has 0 radical (unpaired) electrons. The number of ether oxygens (including phenoxy) is 1. The van der Waals surface area contributed by atoms with Crippen LogP contribution >= 0.6 is 11.3 Å². The van der Waals surface area contributed by atoms with E-state index >= 15 is 0 Å². The minimum absolute atomic E-state index is 0.164. The maximum Gasteiger partial charge on any atom is 0.338 e. The summed E-state index contributed by atoms with van der Waals surface area (Å²) in [6.45, 7) is 6.02. The smallest absolute Gasteiger partial charge is 0.338 e. The molecule has 0 amide bonds. The Hall–Kier alpha value is -3.65. The molecule has 1 saturated heterocycles. The van der Waals surface area contributed by atoms with Crippen LogP contribution in [0.1, 0.15) is 43.9 Å². The molecular formula is C29H32N4O3S. The summed E-state index contributed by atoms with van der Waals surface area (Å²) in [5, 5.41) is 0. The topological polar surface area (TPSA) is 67.1 Å². The number of rotatable bonds is 6. The van der Waals surface area contributed by atoms with E-state index in [0.29, 0.717) is 20.6 Å². The summed E-state index contributed by atoms with van der Waals surface area (Å²) in [6, 6.07) is 15.6.